The lowest BCUT2D eigenvalue weighted by molar-refractivity contribution is 0.0467. The number of hydrogen-bond acceptors (Lipinski definition) is 7. The third kappa shape index (κ3) is 4.40. The molecule has 0 atom stereocenters. The van der Waals surface area contributed by atoms with Crippen LogP contribution in [0.2, 0.25) is 0 Å². The van der Waals surface area contributed by atoms with Crippen molar-refractivity contribution in [1.29, 1.82) is 0 Å². The zero-order valence-electron chi connectivity index (χ0n) is 15.7. The highest BCUT2D eigenvalue weighted by molar-refractivity contribution is 7.16. The maximum Gasteiger partial charge on any atom is 0.338 e. The van der Waals surface area contributed by atoms with E-state index in [1.807, 2.05) is 12.1 Å². The molecule has 0 aliphatic carbocycles. The van der Waals surface area contributed by atoms with Gasteiger partial charge in [0.2, 0.25) is 4.96 Å². The summed E-state index contributed by atoms with van der Waals surface area (Å²) in [5, 5.41) is 4.79. The van der Waals surface area contributed by atoms with Crippen LogP contribution in [0.4, 0.5) is 0 Å². The average Bonchev–Trinajstić information content (AvgIpc) is 3.02. The van der Waals surface area contributed by atoms with Crippen LogP contribution in [-0.4, -0.2) is 27.7 Å². The summed E-state index contributed by atoms with van der Waals surface area (Å²) in [6, 6.07) is 8.65. The van der Waals surface area contributed by atoms with Crippen LogP contribution in [0.15, 0.2) is 35.1 Å². The fourth-order valence-corrected chi connectivity index (χ4v) is 3.37. The molecular weight excluding hydrogens is 366 g/mol. The minimum atomic E-state index is -0.457. The number of methoxy groups -OCH3 is 1. The van der Waals surface area contributed by atoms with Gasteiger partial charge in [0.25, 0.3) is 5.56 Å². The largest absolute Gasteiger partial charge is 0.456 e. The van der Waals surface area contributed by atoms with E-state index >= 15 is 0 Å². The Kier molecular flexibility index (Phi) is 5.38. The molecule has 3 aromatic rings. The Bertz CT molecular complexity index is 1020. The number of carbonyl (C=O) groups excluding carboxylic acids is 1. The van der Waals surface area contributed by atoms with E-state index in [1.165, 1.54) is 21.9 Å². The van der Waals surface area contributed by atoms with E-state index < -0.39 is 5.97 Å². The van der Waals surface area contributed by atoms with Gasteiger partial charge in [0.1, 0.15) is 11.6 Å². The zero-order valence-corrected chi connectivity index (χ0v) is 16.5. The van der Waals surface area contributed by atoms with Crippen molar-refractivity contribution in [2.75, 3.05) is 7.11 Å². The Hall–Kier alpha value is -2.58. The summed E-state index contributed by atoms with van der Waals surface area (Å²) in [4.78, 5) is 29.2. The molecule has 0 fully saturated rings. The van der Waals surface area contributed by atoms with Crippen molar-refractivity contribution in [3.63, 3.8) is 0 Å². The van der Waals surface area contributed by atoms with E-state index in [0.29, 0.717) is 27.8 Å². The summed E-state index contributed by atoms with van der Waals surface area (Å²) < 4.78 is 11.5. The summed E-state index contributed by atoms with van der Waals surface area (Å²) >= 11 is 1.26. The molecule has 8 heteroatoms. The predicted octanol–water partition coefficient (Wildman–Crippen LogP) is 2.95. The van der Waals surface area contributed by atoms with Gasteiger partial charge < -0.3 is 9.47 Å². The molecule has 0 bridgehead atoms. The van der Waals surface area contributed by atoms with E-state index in [4.69, 9.17) is 9.47 Å². The Morgan fingerprint density at radius 2 is 1.89 bits per heavy atom. The minimum absolute atomic E-state index is 0.0143. The lowest BCUT2D eigenvalue weighted by Crippen LogP contribution is -2.17. The van der Waals surface area contributed by atoms with Crippen LogP contribution >= 0.6 is 11.3 Å². The van der Waals surface area contributed by atoms with E-state index in [9.17, 15) is 9.59 Å². The molecular formula is C19H21N3O4S. The van der Waals surface area contributed by atoms with Gasteiger partial charge in [-0.1, -0.05) is 44.2 Å². The maximum absolute atomic E-state index is 12.3. The normalized spacial score (nSPS) is 11.7. The van der Waals surface area contributed by atoms with Gasteiger partial charge in [-0.15, -0.1) is 0 Å². The molecule has 7 nitrogen and oxygen atoms in total. The summed E-state index contributed by atoms with van der Waals surface area (Å²) in [5.74, 6) is -0.457. The molecule has 142 valence electrons. The number of nitrogens with zero attached hydrogens (tertiary/aromatic N) is 3. The zero-order chi connectivity index (χ0) is 19.6. The van der Waals surface area contributed by atoms with Crippen molar-refractivity contribution in [1.82, 2.24) is 14.6 Å². The molecule has 1 aromatic carbocycles. The molecule has 2 heterocycles. The first kappa shape index (κ1) is 19.2. The van der Waals surface area contributed by atoms with Crippen LogP contribution in [0.3, 0.4) is 0 Å². The van der Waals surface area contributed by atoms with Crippen molar-refractivity contribution in [2.45, 2.75) is 39.4 Å². The first-order valence-electron chi connectivity index (χ1n) is 8.43. The second-order valence-electron chi connectivity index (χ2n) is 7.11. The SMILES string of the molecule is COCc1nn2c(=O)cc(COC(=O)c3ccc(C(C)(C)C)cc3)nc2s1. The lowest BCUT2D eigenvalue weighted by Gasteiger charge is -2.18. The highest BCUT2D eigenvalue weighted by Crippen LogP contribution is 2.22. The molecule has 0 saturated carbocycles. The fourth-order valence-electron chi connectivity index (χ4n) is 2.48. The smallest absolute Gasteiger partial charge is 0.338 e. The van der Waals surface area contributed by atoms with E-state index in [0.717, 1.165) is 5.56 Å². The van der Waals surface area contributed by atoms with E-state index in [-0.39, 0.29) is 17.6 Å². The fraction of sp³-hybridized carbons (Fsp3) is 0.368. The number of ether oxygens (including phenoxy) is 2. The monoisotopic (exact) mass is 387 g/mol. The quantitative estimate of drug-likeness (QED) is 0.626. The molecule has 27 heavy (non-hydrogen) atoms. The van der Waals surface area contributed by atoms with Crippen LogP contribution in [0, 0.1) is 0 Å². The minimum Gasteiger partial charge on any atom is -0.456 e. The number of fused-ring (bicyclic) bond motifs is 1. The van der Waals surface area contributed by atoms with Gasteiger partial charge in [-0.25, -0.2) is 9.78 Å². The van der Waals surface area contributed by atoms with Gasteiger partial charge in [0, 0.05) is 13.2 Å². The Balaban J connectivity index is 1.72. The molecule has 0 aliphatic rings. The average molecular weight is 387 g/mol. The highest BCUT2D eigenvalue weighted by atomic mass is 32.1. The second kappa shape index (κ2) is 7.58. The molecule has 3 rings (SSSR count). The number of benzene rings is 1. The molecule has 0 radical (unpaired) electrons. The van der Waals surface area contributed by atoms with Crippen LogP contribution in [0.5, 0.6) is 0 Å². The number of esters is 1. The van der Waals surface area contributed by atoms with Crippen LogP contribution in [0.1, 0.15) is 47.4 Å². The molecule has 0 aliphatic heterocycles. The first-order chi connectivity index (χ1) is 12.8. The van der Waals surface area contributed by atoms with Gasteiger partial charge >= 0.3 is 5.97 Å². The van der Waals surface area contributed by atoms with E-state index in [1.54, 1.807) is 19.2 Å². The van der Waals surface area contributed by atoms with Gasteiger partial charge in [-0.05, 0) is 23.1 Å². The van der Waals surface area contributed by atoms with Crippen LogP contribution < -0.4 is 5.56 Å². The number of aromatic nitrogens is 3. The predicted molar refractivity (Wildman–Crippen MR) is 102 cm³/mol. The first-order valence-corrected chi connectivity index (χ1v) is 9.25. The maximum atomic E-state index is 12.3. The van der Waals surface area contributed by atoms with Crippen molar-refractivity contribution in [3.8, 4) is 0 Å². The van der Waals surface area contributed by atoms with Gasteiger partial charge in [0.15, 0.2) is 0 Å². The summed E-state index contributed by atoms with van der Waals surface area (Å²) in [5.41, 5.74) is 1.67. The van der Waals surface area contributed by atoms with Crippen molar-refractivity contribution < 1.29 is 14.3 Å². The highest BCUT2D eigenvalue weighted by Gasteiger charge is 2.15. The van der Waals surface area contributed by atoms with Crippen molar-refractivity contribution >= 4 is 22.3 Å². The standard InChI is InChI=1S/C19H21N3O4S/c1-19(2,3)13-7-5-12(6-8-13)17(24)26-10-14-9-16(23)22-18(20-14)27-15(21-22)11-25-4/h5-9H,10-11H2,1-4H3. The molecule has 0 unspecified atom stereocenters. The van der Waals surface area contributed by atoms with Gasteiger partial charge in [-0.3, -0.25) is 4.79 Å². The van der Waals surface area contributed by atoms with Crippen LogP contribution in [0.25, 0.3) is 4.96 Å². The summed E-state index contributed by atoms with van der Waals surface area (Å²) in [6.45, 7) is 6.56. The molecule has 0 spiro atoms. The Morgan fingerprint density at radius 3 is 2.52 bits per heavy atom. The van der Waals surface area contributed by atoms with E-state index in [2.05, 4.69) is 30.9 Å². The number of hydrogen-bond donors (Lipinski definition) is 0. The van der Waals surface area contributed by atoms with Crippen LogP contribution in [-0.2, 0) is 28.1 Å². The molecule has 2 aromatic heterocycles. The third-order valence-corrected chi connectivity index (χ3v) is 4.83. The molecule has 0 N–H and O–H groups in total. The topological polar surface area (TPSA) is 82.8 Å². The number of rotatable bonds is 5. The van der Waals surface area contributed by atoms with Gasteiger partial charge in [0.05, 0.1) is 17.9 Å². The lowest BCUT2D eigenvalue weighted by atomic mass is 9.87. The number of carbonyl (C=O) groups is 1. The van der Waals surface area contributed by atoms with Crippen molar-refractivity contribution in [2.24, 2.45) is 0 Å². The Morgan fingerprint density at radius 1 is 1.19 bits per heavy atom. The summed E-state index contributed by atoms with van der Waals surface area (Å²) in [7, 11) is 1.56. The van der Waals surface area contributed by atoms with Crippen molar-refractivity contribution in [3.05, 3.63) is 62.5 Å². The molecule has 0 amide bonds. The summed E-state index contributed by atoms with van der Waals surface area (Å²) in [6.07, 6.45) is 0. The third-order valence-electron chi connectivity index (χ3n) is 3.95. The Labute approximate surface area is 160 Å². The van der Waals surface area contributed by atoms with Gasteiger partial charge in [-0.2, -0.15) is 9.61 Å². The second-order valence-corrected chi connectivity index (χ2v) is 8.15. The molecule has 0 saturated heterocycles.